The molecule has 3 amide bonds. The van der Waals surface area contributed by atoms with Crippen LogP contribution in [0.3, 0.4) is 0 Å². The highest BCUT2D eigenvalue weighted by Gasteiger charge is 2.32. The topological polar surface area (TPSA) is 135 Å². The first-order valence-electron chi connectivity index (χ1n) is 16.1. The summed E-state index contributed by atoms with van der Waals surface area (Å²) in [6.07, 6.45) is 8.17. The first kappa shape index (κ1) is 35.6. The van der Waals surface area contributed by atoms with Crippen molar-refractivity contribution >= 4 is 46.2 Å². The number of para-hydroxylation sites is 1. The van der Waals surface area contributed by atoms with Crippen LogP contribution in [-0.2, 0) is 20.9 Å². The van der Waals surface area contributed by atoms with E-state index in [-0.39, 0.29) is 31.6 Å². The van der Waals surface area contributed by atoms with Crippen molar-refractivity contribution in [3.63, 3.8) is 0 Å². The highest BCUT2D eigenvalue weighted by Crippen LogP contribution is 2.25. The smallest absolute Gasteiger partial charge is 0.303 e. The number of rotatable bonds is 20. The van der Waals surface area contributed by atoms with Crippen molar-refractivity contribution in [2.24, 2.45) is 5.73 Å². The molecule has 9 nitrogen and oxygen atoms in total. The van der Waals surface area contributed by atoms with E-state index < -0.39 is 29.9 Å². The van der Waals surface area contributed by atoms with Crippen LogP contribution in [0.4, 0.5) is 0 Å². The standard InChI is InChI=1S/C35H47ClN4O5/c1-3-5-7-8-15-26(22-32(37)41)40(21-6-4-2)35(45)30(18-13-20-33(42)43)38-34(44)28-24-39(31-19-12-10-16-27(28)31)23-25-14-9-11-17-29(25)36/h9-12,14,16-17,19,24,26,30H,3-8,13,15,18,20-23H2,1-2H3,(H2,37,41)(H,38,44)(H,42,43)/t26-,30-/m0/s1. The quantitative estimate of drug-likeness (QED) is 0.121. The second-order valence-electron chi connectivity index (χ2n) is 11.7. The molecular formula is C35H47ClN4O5. The lowest BCUT2D eigenvalue weighted by Gasteiger charge is -2.34. The van der Waals surface area contributed by atoms with Gasteiger partial charge in [-0.05, 0) is 43.4 Å². The van der Waals surface area contributed by atoms with Gasteiger partial charge in [0.05, 0.1) is 5.56 Å². The molecule has 0 fully saturated rings. The zero-order valence-electron chi connectivity index (χ0n) is 26.5. The number of carboxylic acid groups (broad SMARTS) is 1. The Morgan fingerprint density at radius 2 is 1.64 bits per heavy atom. The van der Waals surface area contributed by atoms with Gasteiger partial charge in [-0.2, -0.15) is 0 Å². The molecule has 3 aromatic rings. The molecule has 0 radical (unpaired) electrons. The molecule has 2 aromatic carbocycles. The van der Waals surface area contributed by atoms with E-state index in [2.05, 4.69) is 12.2 Å². The molecule has 244 valence electrons. The van der Waals surface area contributed by atoms with Crippen LogP contribution in [-0.4, -0.2) is 56.9 Å². The number of halogens is 1. The number of amides is 3. The third-order valence-corrected chi connectivity index (χ3v) is 8.49. The van der Waals surface area contributed by atoms with Crippen molar-refractivity contribution in [1.82, 2.24) is 14.8 Å². The lowest BCUT2D eigenvalue weighted by Crippen LogP contribution is -2.53. The number of nitrogens with one attached hydrogen (secondary N) is 1. The van der Waals surface area contributed by atoms with Crippen molar-refractivity contribution in [2.75, 3.05) is 6.54 Å². The molecule has 0 aliphatic heterocycles. The zero-order chi connectivity index (χ0) is 32.8. The number of benzene rings is 2. The number of aromatic nitrogens is 1. The third-order valence-electron chi connectivity index (χ3n) is 8.12. The van der Waals surface area contributed by atoms with E-state index in [9.17, 15) is 24.3 Å². The summed E-state index contributed by atoms with van der Waals surface area (Å²) < 4.78 is 1.96. The molecule has 2 atom stereocenters. The Morgan fingerprint density at radius 3 is 2.33 bits per heavy atom. The van der Waals surface area contributed by atoms with Crippen molar-refractivity contribution in [1.29, 1.82) is 0 Å². The molecule has 0 aliphatic carbocycles. The van der Waals surface area contributed by atoms with Crippen LogP contribution in [0.5, 0.6) is 0 Å². The predicted molar refractivity (Wildman–Crippen MR) is 178 cm³/mol. The SMILES string of the molecule is CCCCCC[C@@H](CC(N)=O)N(CCCC)C(=O)[C@H](CCCC(=O)O)NC(=O)c1cn(Cc2ccccc2Cl)c2ccccc12. The van der Waals surface area contributed by atoms with E-state index in [1.807, 2.05) is 60.0 Å². The van der Waals surface area contributed by atoms with Gasteiger partial charge in [0.25, 0.3) is 5.91 Å². The van der Waals surface area contributed by atoms with Crippen molar-refractivity contribution in [3.05, 3.63) is 70.9 Å². The maximum absolute atomic E-state index is 14.2. The Morgan fingerprint density at radius 1 is 0.933 bits per heavy atom. The molecule has 0 saturated carbocycles. The number of aliphatic carboxylic acids is 1. The third kappa shape index (κ3) is 10.6. The second-order valence-corrected chi connectivity index (χ2v) is 12.1. The van der Waals surface area contributed by atoms with E-state index in [1.165, 1.54) is 0 Å². The van der Waals surface area contributed by atoms with Crippen molar-refractivity contribution < 1.29 is 24.3 Å². The molecular weight excluding hydrogens is 592 g/mol. The Labute approximate surface area is 271 Å². The summed E-state index contributed by atoms with van der Waals surface area (Å²) in [5.41, 5.74) is 7.78. The fourth-order valence-corrected chi connectivity index (χ4v) is 5.92. The number of hydrogen-bond acceptors (Lipinski definition) is 4. The van der Waals surface area contributed by atoms with Gasteiger partial charge in [-0.25, -0.2) is 0 Å². The molecule has 1 heterocycles. The highest BCUT2D eigenvalue weighted by atomic mass is 35.5. The van der Waals surface area contributed by atoms with Gasteiger partial charge in [0.15, 0.2) is 0 Å². The van der Waals surface area contributed by atoms with Gasteiger partial charge in [-0.15, -0.1) is 0 Å². The number of primary amides is 1. The molecule has 45 heavy (non-hydrogen) atoms. The molecule has 0 saturated heterocycles. The lowest BCUT2D eigenvalue weighted by atomic mass is 9.99. The number of unbranched alkanes of at least 4 members (excludes halogenated alkanes) is 4. The maximum Gasteiger partial charge on any atom is 0.303 e. The van der Waals surface area contributed by atoms with E-state index in [0.29, 0.717) is 30.1 Å². The van der Waals surface area contributed by atoms with Crippen LogP contribution in [0.15, 0.2) is 54.7 Å². The number of fused-ring (bicyclic) bond motifs is 1. The maximum atomic E-state index is 14.2. The average Bonchev–Trinajstić information content (AvgIpc) is 3.37. The molecule has 0 spiro atoms. The number of carbonyl (C=O) groups excluding carboxylic acids is 3. The number of nitrogens with two attached hydrogens (primary N) is 1. The van der Waals surface area contributed by atoms with Gasteiger partial charge in [-0.3, -0.25) is 19.2 Å². The molecule has 0 unspecified atom stereocenters. The van der Waals surface area contributed by atoms with Crippen molar-refractivity contribution in [3.8, 4) is 0 Å². The summed E-state index contributed by atoms with van der Waals surface area (Å²) in [7, 11) is 0. The minimum absolute atomic E-state index is 0.0346. The number of hydrogen-bond donors (Lipinski definition) is 3. The Kier molecular flexibility index (Phi) is 14.4. The molecule has 4 N–H and O–H groups in total. The summed E-state index contributed by atoms with van der Waals surface area (Å²) in [6.45, 7) is 5.02. The summed E-state index contributed by atoms with van der Waals surface area (Å²) in [4.78, 5) is 53.3. The summed E-state index contributed by atoms with van der Waals surface area (Å²) in [6, 6.07) is 13.7. The lowest BCUT2D eigenvalue weighted by molar-refractivity contribution is -0.139. The summed E-state index contributed by atoms with van der Waals surface area (Å²) in [5.74, 6) is -2.20. The van der Waals surface area contributed by atoms with Crippen LogP contribution >= 0.6 is 11.6 Å². The second kappa shape index (κ2) is 18.2. The Hall–Kier alpha value is -3.85. The fourth-order valence-electron chi connectivity index (χ4n) is 5.73. The monoisotopic (exact) mass is 638 g/mol. The molecule has 10 heteroatoms. The molecule has 0 aliphatic rings. The van der Waals surface area contributed by atoms with Gasteiger partial charge < -0.3 is 25.6 Å². The largest absolute Gasteiger partial charge is 0.481 e. The van der Waals surface area contributed by atoms with Gasteiger partial charge in [0.1, 0.15) is 6.04 Å². The Bertz CT molecular complexity index is 1440. The fraction of sp³-hybridized carbons (Fsp3) is 0.486. The number of carbonyl (C=O) groups is 4. The van der Waals surface area contributed by atoms with Gasteiger partial charge in [0.2, 0.25) is 11.8 Å². The molecule has 1 aromatic heterocycles. The molecule has 0 bridgehead atoms. The van der Waals surface area contributed by atoms with Crippen LogP contribution in [0, 0.1) is 0 Å². The molecule has 3 rings (SSSR count). The van der Waals surface area contributed by atoms with Gasteiger partial charge in [0, 0.05) is 54.1 Å². The summed E-state index contributed by atoms with van der Waals surface area (Å²) >= 11 is 6.43. The summed E-state index contributed by atoms with van der Waals surface area (Å²) in [5, 5.41) is 13.6. The predicted octanol–water partition coefficient (Wildman–Crippen LogP) is 6.54. The van der Waals surface area contributed by atoms with E-state index in [1.54, 1.807) is 11.1 Å². The van der Waals surface area contributed by atoms with Crippen molar-refractivity contribution in [2.45, 2.75) is 103 Å². The van der Waals surface area contributed by atoms with Gasteiger partial charge in [-0.1, -0.05) is 94.0 Å². The van der Waals surface area contributed by atoms with Crippen LogP contribution in [0.2, 0.25) is 5.02 Å². The van der Waals surface area contributed by atoms with E-state index in [4.69, 9.17) is 17.3 Å². The van der Waals surface area contributed by atoms with Gasteiger partial charge >= 0.3 is 5.97 Å². The first-order chi connectivity index (χ1) is 21.7. The van der Waals surface area contributed by atoms with Crippen LogP contribution in [0.1, 0.15) is 100 Å². The average molecular weight is 639 g/mol. The number of carboxylic acids is 1. The van der Waals surface area contributed by atoms with Crippen LogP contribution in [0.25, 0.3) is 10.9 Å². The zero-order valence-corrected chi connectivity index (χ0v) is 27.2. The van der Waals surface area contributed by atoms with E-state index in [0.717, 1.165) is 55.0 Å². The first-order valence-corrected chi connectivity index (χ1v) is 16.5. The number of nitrogens with zero attached hydrogens (tertiary/aromatic N) is 2. The Balaban J connectivity index is 1.94. The minimum atomic E-state index is -0.972. The minimum Gasteiger partial charge on any atom is -0.481 e. The normalized spacial score (nSPS) is 12.5. The van der Waals surface area contributed by atoms with E-state index >= 15 is 0 Å². The van der Waals surface area contributed by atoms with Crippen LogP contribution < -0.4 is 11.1 Å². The highest BCUT2D eigenvalue weighted by molar-refractivity contribution is 6.31.